The van der Waals surface area contributed by atoms with Crippen LogP contribution in [-0.4, -0.2) is 35.7 Å². The molecule has 5 atom stereocenters. The molecular weight excluding hydrogens is 404 g/mol. The van der Waals surface area contributed by atoms with Gasteiger partial charge in [0.2, 0.25) is 0 Å². The van der Waals surface area contributed by atoms with Crippen molar-refractivity contribution < 1.29 is 23.7 Å². The van der Waals surface area contributed by atoms with E-state index in [-0.39, 0.29) is 11.7 Å². The van der Waals surface area contributed by atoms with E-state index < -0.39 is 29.9 Å². The number of benzene rings is 1. The number of ketones is 1. The highest BCUT2D eigenvalue weighted by molar-refractivity contribution is 5.88. The predicted octanol–water partition coefficient (Wildman–Crippen LogP) is 5.49. The normalized spacial score (nSPS) is 33.9. The van der Waals surface area contributed by atoms with Crippen LogP contribution in [0, 0.1) is 5.92 Å². The molecule has 2 aliphatic heterocycles. The Kier molecular flexibility index (Phi) is 6.47. The van der Waals surface area contributed by atoms with Gasteiger partial charge in [-0.25, -0.2) is 0 Å². The summed E-state index contributed by atoms with van der Waals surface area (Å²) in [5, 5.41) is 0. The average Bonchev–Trinajstić information content (AvgIpc) is 3.19. The van der Waals surface area contributed by atoms with E-state index in [2.05, 4.69) is 20.4 Å². The average molecular weight is 441 g/mol. The highest BCUT2D eigenvalue weighted by Crippen LogP contribution is 2.49. The van der Waals surface area contributed by atoms with Gasteiger partial charge in [0, 0.05) is 12.3 Å². The molecule has 3 aliphatic rings. The van der Waals surface area contributed by atoms with E-state index in [9.17, 15) is 4.79 Å². The molecule has 2 fully saturated rings. The molecule has 1 aromatic rings. The third kappa shape index (κ3) is 4.49. The number of carbonyl (C=O) groups is 1. The van der Waals surface area contributed by atoms with Crippen molar-refractivity contribution in [3.63, 3.8) is 0 Å². The van der Waals surface area contributed by atoms with Crippen LogP contribution in [-0.2, 0) is 30.3 Å². The monoisotopic (exact) mass is 440 g/mol. The van der Waals surface area contributed by atoms with Gasteiger partial charge in [0.15, 0.2) is 24.0 Å². The predicted molar refractivity (Wildman–Crippen MR) is 123 cm³/mol. The van der Waals surface area contributed by atoms with Crippen molar-refractivity contribution in [2.24, 2.45) is 5.92 Å². The molecule has 4 rings (SSSR count). The summed E-state index contributed by atoms with van der Waals surface area (Å²) >= 11 is 0. The van der Waals surface area contributed by atoms with Gasteiger partial charge in [-0.05, 0) is 59.4 Å². The minimum atomic E-state index is -0.985. The van der Waals surface area contributed by atoms with E-state index in [1.807, 2.05) is 51.1 Å². The fraction of sp³-hybridized carbons (Fsp3) is 0.593. The topological polar surface area (TPSA) is 54.0 Å². The number of ether oxygens (including phenoxy) is 4. The molecule has 174 valence electrons. The van der Waals surface area contributed by atoms with E-state index >= 15 is 0 Å². The Balaban J connectivity index is 1.68. The smallest absolute Gasteiger partial charge is 0.191 e. The SMILES string of the molecule is C=C(C)C[C@@]1(OCc2ccccc2)[C@@H](C(=O)[C@H]2CCC(C)=C(C)C2)O[C@@H]2OC(C)(C)O[C@@H]21. The van der Waals surface area contributed by atoms with Crippen molar-refractivity contribution in [2.45, 2.75) is 96.8 Å². The summed E-state index contributed by atoms with van der Waals surface area (Å²) in [7, 11) is 0. The molecule has 1 aliphatic carbocycles. The first-order valence-electron chi connectivity index (χ1n) is 11.6. The first kappa shape index (κ1) is 23.4. The summed E-state index contributed by atoms with van der Waals surface area (Å²) in [5.74, 6) is -0.799. The maximum absolute atomic E-state index is 13.9. The van der Waals surface area contributed by atoms with Gasteiger partial charge >= 0.3 is 0 Å². The lowest BCUT2D eigenvalue weighted by Gasteiger charge is -2.39. The Labute approximate surface area is 191 Å². The summed E-state index contributed by atoms with van der Waals surface area (Å²) in [6.07, 6.45) is 1.12. The lowest BCUT2D eigenvalue weighted by atomic mass is 9.76. The Morgan fingerprint density at radius 2 is 1.88 bits per heavy atom. The summed E-state index contributed by atoms with van der Waals surface area (Å²) < 4.78 is 25.3. The van der Waals surface area contributed by atoms with Crippen LogP contribution in [0.3, 0.4) is 0 Å². The zero-order chi connectivity index (χ0) is 23.1. The molecule has 5 heteroatoms. The summed E-state index contributed by atoms with van der Waals surface area (Å²) in [5.41, 5.74) is 3.66. The molecule has 1 aromatic carbocycles. The Morgan fingerprint density at radius 3 is 2.53 bits per heavy atom. The quantitative estimate of drug-likeness (QED) is 0.525. The third-order valence-corrected chi connectivity index (χ3v) is 6.99. The molecule has 0 N–H and O–H groups in total. The number of hydrogen-bond donors (Lipinski definition) is 0. The first-order valence-corrected chi connectivity index (χ1v) is 11.6. The summed E-state index contributed by atoms with van der Waals surface area (Å²) in [6.45, 7) is 14.5. The van der Waals surface area contributed by atoms with E-state index in [1.54, 1.807) is 0 Å². The lowest BCUT2D eigenvalue weighted by Crippen LogP contribution is -2.55. The Bertz CT molecular complexity index is 902. The second-order valence-electron chi connectivity index (χ2n) is 10.2. The van der Waals surface area contributed by atoms with Crippen LogP contribution in [0.1, 0.15) is 65.9 Å². The molecule has 0 bridgehead atoms. The molecule has 0 aromatic heterocycles. The summed E-state index contributed by atoms with van der Waals surface area (Å²) in [4.78, 5) is 13.9. The maximum atomic E-state index is 13.9. The molecule has 0 spiro atoms. The Morgan fingerprint density at radius 1 is 1.16 bits per heavy atom. The van der Waals surface area contributed by atoms with Gasteiger partial charge in [0.25, 0.3) is 0 Å². The van der Waals surface area contributed by atoms with Crippen molar-refractivity contribution in [1.29, 1.82) is 0 Å². The molecule has 2 saturated heterocycles. The number of fused-ring (bicyclic) bond motifs is 1. The van der Waals surface area contributed by atoms with Crippen molar-refractivity contribution in [2.75, 3.05) is 0 Å². The van der Waals surface area contributed by atoms with Gasteiger partial charge in [-0.3, -0.25) is 4.79 Å². The zero-order valence-electron chi connectivity index (χ0n) is 20.0. The van der Waals surface area contributed by atoms with Gasteiger partial charge in [-0.15, -0.1) is 6.58 Å². The van der Waals surface area contributed by atoms with E-state index in [1.165, 1.54) is 11.1 Å². The van der Waals surface area contributed by atoms with Gasteiger partial charge in [-0.2, -0.15) is 0 Å². The van der Waals surface area contributed by atoms with Crippen LogP contribution in [0.25, 0.3) is 0 Å². The first-order chi connectivity index (χ1) is 15.1. The van der Waals surface area contributed by atoms with Crippen LogP contribution in [0.15, 0.2) is 53.6 Å². The minimum absolute atomic E-state index is 0.0830. The molecule has 0 unspecified atom stereocenters. The fourth-order valence-corrected chi connectivity index (χ4v) is 5.24. The Hall–Kier alpha value is -1.79. The molecule has 32 heavy (non-hydrogen) atoms. The number of carbonyl (C=O) groups excluding carboxylic acids is 1. The highest BCUT2D eigenvalue weighted by atomic mass is 16.8. The molecule has 0 saturated carbocycles. The number of hydrogen-bond acceptors (Lipinski definition) is 5. The van der Waals surface area contributed by atoms with Crippen LogP contribution in [0.5, 0.6) is 0 Å². The van der Waals surface area contributed by atoms with E-state index in [4.69, 9.17) is 18.9 Å². The lowest BCUT2D eigenvalue weighted by molar-refractivity contribution is -0.237. The molecule has 0 radical (unpaired) electrons. The number of Topliss-reactive ketones (excluding diaryl/α,β-unsaturated/α-hetero) is 1. The van der Waals surface area contributed by atoms with Gasteiger partial charge in [0.1, 0.15) is 11.7 Å². The minimum Gasteiger partial charge on any atom is -0.364 e. The van der Waals surface area contributed by atoms with Crippen molar-refractivity contribution >= 4 is 5.78 Å². The standard InChI is InChI=1S/C27H36O5/c1-17(2)15-27(29-16-20-10-8-7-9-11-20)23(30-25-24(27)31-26(5,6)32-25)22(28)21-13-12-18(3)19(4)14-21/h7-11,21,23-25H,1,12-16H2,2-6H3/t21-,23+,24-,25+,27+/m0/s1. The van der Waals surface area contributed by atoms with Gasteiger partial charge in [-0.1, -0.05) is 47.1 Å². The van der Waals surface area contributed by atoms with Crippen molar-refractivity contribution in [1.82, 2.24) is 0 Å². The van der Waals surface area contributed by atoms with Crippen LogP contribution < -0.4 is 0 Å². The second kappa shape index (κ2) is 8.86. The van der Waals surface area contributed by atoms with E-state index in [0.29, 0.717) is 13.0 Å². The highest BCUT2D eigenvalue weighted by Gasteiger charge is 2.66. The second-order valence-corrected chi connectivity index (χ2v) is 10.2. The fourth-order valence-electron chi connectivity index (χ4n) is 5.24. The largest absolute Gasteiger partial charge is 0.364 e. The number of rotatable bonds is 7. The molecule has 2 heterocycles. The van der Waals surface area contributed by atoms with Crippen molar-refractivity contribution in [3.05, 3.63) is 59.2 Å². The number of allylic oxidation sites excluding steroid dienone is 2. The van der Waals surface area contributed by atoms with Gasteiger partial charge < -0.3 is 18.9 Å². The maximum Gasteiger partial charge on any atom is 0.191 e. The zero-order valence-corrected chi connectivity index (χ0v) is 20.0. The molecule has 0 amide bonds. The summed E-state index contributed by atoms with van der Waals surface area (Å²) in [6, 6.07) is 9.99. The third-order valence-electron chi connectivity index (χ3n) is 6.99. The van der Waals surface area contributed by atoms with Crippen LogP contribution in [0.4, 0.5) is 0 Å². The molecule has 5 nitrogen and oxygen atoms in total. The van der Waals surface area contributed by atoms with E-state index in [0.717, 1.165) is 30.4 Å². The van der Waals surface area contributed by atoms with Gasteiger partial charge in [0.05, 0.1) is 6.61 Å². The molecular formula is C27H36O5. The van der Waals surface area contributed by atoms with Crippen LogP contribution in [0.2, 0.25) is 0 Å². The van der Waals surface area contributed by atoms with Crippen LogP contribution >= 0.6 is 0 Å². The van der Waals surface area contributed by atoms with Crippen molar-refractivity contribution in [3.8, 4) is 0 Å².